The number of hydrogen-bond acceptors (Lipinski definition) is 5. The predicted octanol–water partition coefficient (Wildman–Crippen LogP) is 4.19. The van der Waals surface area contributed by atoms with E-state index in [0.717, 1.165) is 11.1 Å². The molecule has 0 aliphatic carbocycles. The van der Waals surface area contributed by atoms with Gasteiger partial charge >= 0.3 is 5.97 Å². The summed E-state index contributed by atoms with van der Waals surface area (Å²) < 4.78 is 20.4. The third kappa shape index (κ3) is 4.61. The maximum Gasteiger partial charge on any atom is 0.329 e. The Bertz CT molecular complexity index is 1160. The molecule has 31 heavy (non-hydrogen) atoms. The standard InChI is InChI=1S/C23H21ClFN3O3/c1-14-9-16(11-17(25)10-14)12-26-21-22(29)28-18(20(24)27-21)7-8-19(28)23(30)31-13-15-5-3-2-4-6-15/h2-6,9-11,19H,7-8,12-13H2,1H3,(H,26,27)/t19-/m1/s1. The number of aromatic nitrogens is 2. The van der Waals surface area contributed by atoms with Crippen molar-refractivity contribution in [1.29, 1.82) is 0 Å². The van der Waals surface area contributed by atoms with Crippen molar-refractivity contribution in [2.75, 3.05) is 5.32 Å². The molecule has 0 spiro atoms. The highest BCUT2D eigenvalue weighted by Crippen LogP contribution is 2.30. The van der Waals surface area contributed by atoms with Crippen LogP contribution in [0.2, 0.25) is 5.15 Å². The van der Waals surface area contributed by atoms with Crippen molar-refractivity contribution in [3.63, 3.8) is 0 Å². The number of benzene rings is 2. The lowest BCUT2D eigenvalue weighted by Crippen LogP contribution is -2.31. The number of esters is 1. The number of hydrogen-bond donors (Lipinski definition) is 1. The first-order chi connectivity index (χ1) is 14.9. The largest absolute Gasteiger partial charge is 0.459 e. The molecule has 8 heteroatoms. The molecular weight excluding hydrogens is 421 g/mol. The first-order valence-electron chi connectivity index (χ1n) is 9.94. The maximum absolute atomic E-state index is 13.6. The van der Waals surface area contributed by atoms with Gasteiger partial charge in [-0.1, -0.05) is 48.0 Å². The summed E-state index contributed by atoms with van der Waals surface area (Å²) in [5, 5.41) is 3.09. The minimum atomic E-state index is -0.760. The highest BCUT2D eigenvalue weighted by atomic mass is 35.5. The Balaban J connectivity index is 1.54. The van der Waals surface area contributed by atoms with Gasteiger partial charge in [0.25, 0.3) is 5.56 Å². The molecule has 1 atom stereocenters. The molecule has 4 rings (SSSR count). The molecule has 0 bridgehead atoms. The second-order valence-corrected chi connectivity index (χ2v) is 7.87. The van der Waals surface area contributed by atoms with Crippen LogP contribution in [-0.4, -0.2) is 15.5 Å². The average molecular weight is 442 g/mol. The lowest BCUT2D eigenvalue weighted by atomic mass is 10.1. The van der Waals surface area contributed by atoms with E-state index < -0.39 is 17.6 Å². The van der Waals surface area contributed by atoms with Crippen molar-refractivity contribution in [1.82, 2.24) is 9.55 Å². The molecule has 1 aliphatic rings. The first kappa shape index (κ1) is 21.1. The van der Waals surface area contributed by atoms with Gasteiger partial charge in [-0.05, 0) is 48.6 Å². The Labute approximate surface area is 183 Å². The molecule has 1 N–H and O–H groups in total. The molecule has 1 aliphatic heterocycles. The van der Waals surface area contributed by atoms with Crippen LogP contribution in [0.4, 0.5) is 10.2 Å². The molecule has 2 heterocycles. The number of carbonyl (C=O) groups is 1. The molecule has 0 fully saturated rings. The highest BCUT2D eigenvalue weighted by molar-refractivity contribution is 6.30. The summed E-state index contributed by atoms with van der Waals surface area (Å²) in [5.41, 5.74) is 2.36. The Morgan fingerprint density at radius 1 is 1.26 bits per heavy atom. The zero-order chi connectivity index (χ0) is 22.0. The van der Waals surface area contributed by atoms with Gasteiger partial charge in [-0.15, -0.1) is 0 Å². The second kappa shape index (κ2) is 8.89. The van der Waals surface area contributed by atoms with E-state index in [1.54, 1.807) is 6.92 Å². The number of ether oxygens (including phenoxy) is 1. The van der Waals surface area contributed by atoms with Crippen LogP contribution in [0.15, 0.2) is 53.3 Å². The van der Waals surface area contributed by atoms with Crippen molar-refractivity contribution >= 4 is 23.4 Å². The lowest BCUT2D eigenvalue weighted by molar-refractivity contribution is -0.148. The van der Waals surface area contributed by atoms with Crippen LogP contribution >= 0.6 is 11.6 Å². The van der Waals surface area contributed by atoms with Gasteiger partial charge in [-0.2, -0.15) is 0 Å². The summed E-state index contributed by atoms with van der Waals surface area (Å²) in [6.45, 7) is 2.11. The number of anilines is 1. The van der Waals surface area contributed by atoms with Gasteiger partial charge in [0.2, 0.25) is 0 Å². The summed E-state index contributed by atoms with van der Waals surface area (Å²) in [6.07, 6.45) is 0.867. The summed E-state index contributed by atoms with van der Waals surface area (Å²) in [5.74, 6) is -0.827. The van der Waals surface area contributed by atoms with Crippen molar-refractivity contribution in [3.05, 3.63) is 92.2 Å². The number of rotatable bonds is 6. The topological polar surface area (TPSA) is 73.2 Å². The zero-order valence-corrected chi connectivity index (χ0v) is 17.7. The second-order valence-electron chi connectivity index (χ2n) is 7.51. The fraction of sp³-hybridized carbons (Fsp3) is 0.261. The molecule has 1 aromatic heterocycles. The van der Waals surface area contributed by atoms with E-state index >= 15 is 0 Å². The van der Waals surface area contributed by atoms with Crippen LogP contribution in [0.25, 0.3) is 0 Å². The number of carbonyl (C=O) groups excluding carboxylic acids is 1. The summed E-state index contributed by atoms with van der Waals surface area (Å²) >= 11 is 6.30. The average Bonchev–Trinajstić information content (AvgIpc) is 3.20. The van der Waals surface area contributed by atoms with Crippen LogP contribution in [0.3, 0.4) is 0 Å². The predicted molar refractivity (Wildman–Crippen MR) is 116 cm³/mol. The van der Waals surface area contributed by atoms with E-state index in [4.69, 9.17) is 16.3 Å². The van der Waals surface area contributed by atoms with Crippen molar-refractivity contribution < 1.29 is 13.9 Å². The van der Waals surface area contributed by atoms with Crippen molar-refractivity contribution in [3.8, 4) is 0 Å². The van der Waals surface area contributed by atoms with E-state index in [1.807, 2.05) is 36.4 Å². The third-order valence-electron chi connectivity index (χ3n) is 5.18. The number of halogens is 2. The van der Waals surface area contributed by atoms with E-state index in [2.05, 4.69) is 10.3 Å². The molecule has 0 radical (unpaired) electrons. The summed E-state index contributed by atoms with van der Waals surface area (Å²) in [6, 6.07) is 13.2. The minimum Gasteiger partial charge on any atom is -0.459 e. The summed E-state index contributed by atoms with van der Waals surface area (Å²) in [7, 11) is 0. The SMILES string of the molecule is Cc1cc(F)cc(CNc2nc(Cl)c3n(c2=O)[C@@H](C(=O)OCc2ccccc2)CC3)c1. The van der Waals surface area contributed by atoms with Gasteiger partial charge in [-0.25, -0.2) is 14.2 Å². The molecule has 3 aromatic rings. The van der Waals surface area contributed by atoms with E-state index in [9.17, 15) is 14.0 Å². The molecule has 2 aromatic carbocycles. The Kier molecular flexibility index (Phi) is 6.04. The van der Waals surface area contributed by atoms with Gasteiger partial charge in [0.1, 0.15) is 18.5 Å². The number of nitrogens with zero attached hydrogens (tertiary/aromatic N) is 2. The van der Waals surface area contributed by atoms with Crippen LogP contribution in [0.5, 0.6) is 0 Å². The lowest BCUT2D eigenvalue weighted by Gasteiger charge is -2.16. The van der Waals surface area contributed by atoms with E-state index in [-0.39, 0.29) is 29.9 Å². The monoisotopic (exact) mass is 441 g/mol. The smallest absolute Gasteiger partial charge is 0.329 e. The molecule has 6 nitrogen and oxygen atoms in total. The molecule has 0 saturated heterocycles. The fourth-order valence-electron chi connectivity index (χ4n) is 3.77. The molecule has 0 amide bonds. The van der Waals surface area contributed by atoms with Crippen LogP contribution in [0, 0.1) is 12.7 Å². The number of fused-ring (bicyclic) bond motifs is 1. The third-order valence-corrected chi connectivity index (χ3v) is 5.49. The Morgan fingerprint density at radius 3 is 2.77 bits per heavy atom. The highest BCUT2D eigenvalue weighted by Gasteiger charge is 2.33. The molecular formula is C23H21ClFN3O3. The van der Waals surface area contributed by atoms with Crippen molar-refractivity contribution in [2.24, 2.45) is 0 Å². The molecule has 0 saturated carbocycles. The van der Waals surface area contributed by atoms with E-state index in [0.29, 0.717) is 24.1 Å². The van der Waals surface area contributed by atoms with Gasteiger partial charge in [0.15, 0.2) is 11.0 Å². The number of aryl methyl sites for hydroxylation is 1. The minimum absolute atomic E-state index is 0.0124. The zero-order valence-electron chi connectivity index (χ0n) is 16.9. The fourth-order valence-corrected chi connectivity index (χ4v) is 4.04. The van der Waals surface area contributed by atoms with Crippen LogP contribution in [0.1, 0.15) is 34.8 Å². The Morgan fingerprint density at radius 2 is 2.03 bits per heavy atom. The normalized spacial score (nSPS) is 14.9. The van der Waals surface area contributed by atoms with Gasteiger partial charge in [-0.3, -0.25) is 9.36 Å². The number of nitrogens with one attached hydrogen (secondary N) is 1. The quantitative estimate of drug-likeness (QED) is 0.581. The van der Waals surface area contributed by atoms with Crippen LogP contribution < -0.4 is 10.9 Å². The Hall–Kier alpha value is -3.19. The summed E-state index contributed by atoms with van der Waals surface area (Å²) in [4.78, 5) is 29.9. The van der Waals surface area contributed by atoms with Crippen molar-refractivity contribution in [2.45, 2.75) is 39.0 Å². The maximum atomic E-state index is 13.6. The van der Waals surface area contributed by atoms with Gasteiger partial charge in [0.05, 0.1) is 5.69 Å². The van der Waals surface area contributed by atoms with E-state index in [1.165, 1.54) is 16.7 Å². The molecule has 160 valence electrons. The first-order valence-corrected chi connectivity index (χ1v) is 10.3. The van der Waals surface area contributed by atoms with Gasteiger partial charge < -0.3 is 10.1 Å². The van der Waals surface area contributed by atoms with Gasteiger partial charge in [0, 0.05) is 6.54 Å². The van der Waals surface area contributed by atoms with Crippen LogP contribution in [-0.2, 0) is 29.1 Å². The molecule has 0 unspecified atom stereocenters.